The molecule has 0 amide bonds. The summed E-state index contributed by atoms with van der Waals surface area (Å²) in [6.07, 6.45) is 6.05. The molecule has 1 N–H and O–H groups in total. The monoisotopic (exact) mass is 217 g/mol. The van der Waals surface area contributed by atoms with Gasteiger partial charge in [0, 0.05) is 36.7 Å². The van der Waals surface area contributed by atoms with Gasteiger partial charge in [0.15, 0.2) is 0 Å². The van der Waals surface area contributed by atoms with E-state index in [0.29, 0.717) is 5.92 Å². The van der Waals surface area contributed by atoms with E-state index in [0.717, 1.165) is 31.8 Å². The summed E-state index contributed by atoms with van der Waals surface area (Å²) in [6, 6.07) is 0. The smallest absolute Gasteiger partial charge is 0.131 e. The Hall–Kier alpha value is -0.960. The third kappa shape index (κ3) is 1.63. The first kappa shape index (κ1) is 10.2. The van der Waals surface area contributed by atoms with Crippen LogP contribution < -0.4 is 5.32 Å². The standard InChI is InChI=1S/C13H19N3/c1-2-11-10-8-14-7-6-12(10)16-13(15-11)9-4-3-5-9/h9,14H,2-8H2,1H3. The second-order valence-electron chi connectivity index (χ2n) is 4.86. The van der Waals surface area contributed by atoms with Crippen molar-refractivity contribution in [1.82, 2.24) is 15.3 Å². The van der Waals surface area contributed by atoms with Crippen LogP contribution in [0.4, 0.5) is 0 Å². The van der Waals surface area contributed by atoms with Crippen molar-refractivity contribution in [3.05, 3.63) is 22.8 Å². The third-order valence-electron chi connectivity index (χ3n) is 3.84. The van der Waals surface area contributed by atoms with Gasteiger partial charge in [0.1, 0.15) is 5.82 Å². The van der Waals surface area contributed by atoms with Crippen LogP contribution in [-0.2, 0) is 19.4 Å². The van der Waals surface area contributed by atoms with Gasteiger partial charge in [-0.3, -0.25) is 0 Å². The molecule has 0 atom stereocenters. The SMILES string of the molecule is CCc1nc(C2CCC2)nc2c1CNCC2. The fraction of sp³-hybridized carbons (Fsp3) is 0.692. The quantitative estimate of drug-likeness (QED) is 0.823. The first-order chi connectivity index (χ1) is 7.88. The molecule has 3 heteroatoms. The van der Waals surface area contributed by atoms with Crippen molar-refractivity contribution in [2.24, 2.45) is 0 Å². The zero-order chi connectivity index (χ0) is 11.0. The molecule has 0 unspecified atom stereocenters. The first-order valence-corrected chi connectivity index (χ1v) is 6.47. The van der Waals surface area contributed by atoms with Crippen molar-refractivity contribution in [1.29, 1.82) is 0 Å². The minimum Gasteiger partial charge on any atom is -0.312 e. The lowest BCUT2D eigenvalue weighted by atomic mass is 9.84. The van der Waals surface area contributed by atoms with Gasteiger partial charge in [-0.2, -0.15) is 0 Å². The van der Waals surface area contributed by atoms with Gasteiger partial charge < -0.3 is 5.32 Å². The minimum absolute atomic E-state index is 0.658. The highest BCUT2D eigenvalue weighted by atomic mass is 15.0. The van der Waals surface area contributed by atoms with Crippen molar-refractivity contribution in [3.8, 4) is 0 Å². The molecule has 1 aromatic rings. The predicted octanol–water partition coefficient (Wildman–Crippen LogP) is 1.95. The third-order valence-corrected chi connectivity index (χ3v) is 3.84. The van der Waals surface area contributed by atoms with E-state index in [1.807, 2.05) is 0 Å². The summed E-state index contributed by atoms with van der Waals surface area (Å²) in [4.78, 5) is 9.57. The molecule has 1 aliphatic heterocycles. The van der Waals surface area contributed by atoms with Crippen LogP contribution in [-0.4, -0.2) is 16.5 Å². The Kier molecular flexibility index (Phi) is 2.64. The van der Waals surface area contributed by atoms with Gasteiger partial charge in [-0.15, -0.1) is 0 Å². The molecular weight excluding hydrogens is 198 g/mol. The van der Waals surface area contributed by atoms with E-state index in [2.05, 4.69) is 12.2 Å². The molecule has 3 nitrogen and oxygen atoms in total. The van der Waals surface area contributed by atoms with Crippen LogP contribution in [0.2, 0.25) is 0 Å². The Morgan fingerprint density at radius 3 is 2.88 bits per heavy atom. The van der Waals surface area contributed by atoms with Crippen LogP contribution in [0.15, 0.2) is 0 Å². The lowest BCUT2D eigenvalue weighted by Gasteiger charge is -2.27. The van der Waals surface area contributed by atoms with Gasteiger partial charge >= 0.3 is 0 Å². The second-order valence-corrected chi connectivity index (χ2v) is 4.86. The van der Waals surface area contributed by atoms with E-state index in [4.69, 9.17) is 9.97 Å². The molecular formula is C13H19N3. The van der Waals surface area contributed by atoms with Crippen LogP contribution in [0.3, 0.4) is 0 Å². The van der Waals surface area contributed by atoms with E-state index in [-0.39, 0.29) is 0 Å². The van der Waals surface area contributed by atoms with Crippen LogP contribution in [0.25, 0.3) is 0 Å². The lowest BCUT2D eigenvalue weighted by molar-refractivity contribution is 0.397. The van der Waals surface area contributed by atoms with Crippen LogP contribution in [0, 0.1) is 0 Å². The number of rotatable bonds is 2. The summed E-state index contributed by atoms with van der Waals surface area (Å²) < 4.78 is 0. The van der Waals surface area contributed by atoms with Crippen molar-refractivity contribution >= 4 is 0 Å². The Morgan fingerprint density at radius 1 is 1.31 bits per heavy atom. The molecule has 1 fully saturated rings. The van der Waals surface area contributed by atoms with E-state index in [1.165, 1.54) is 36.2 Å². The molecule has 0 radical (unpaired) electrons. The summed E-state index contributed by atoms with van der Waals surface area (Å²) in [5.41, 5.74) is 3.96. The number of aryl methyl sites for hydroxylation is 1. The summed E-state index contributed by atoms with van der Waals surface area (Å²) in [5.74, 6) is 1.79. The van der Waals surface area contributed by atoms with Gasteiger partial charge in [-0.1, -0.05) is 13.3 Å². The fourth-order valence-corrected chi connectivity index (χ4v) is 2.58. The van der Waals surface area contributed by atoms with E-state index in [9.17, 15) is 0 Å². The van der Waals surface area contributed by atoms with Crippen LogP contribution in [0.5, 0.6) is 0 Å². The molecule has 2 aliphatic rings. The maximum Gasteiger partial charge on any atom is 0.131 e. The van der Waals surface area contributed by atoms with E-state index in [1.54, 1.807) is 0 Å². The lowest BCUT2D eigenvalue weighted by Crippen LogP contribution is -2.28. The first-order valence-electron chi connectivity index (χ1n) is 6.47. The Bertz CT molecular complexity index is 379. The molecule has 3 rings (SSSR count). The van der Waals surface area contributed by atoms with Gasteiger partial charge in [-0.05, 0) is 19.3 Å². The normalized spacial score (nSPS) is 20.3. The van der Waals surface area contributed by atoms with Gasteiger partial charge in [-0.25, -0.2) is 9.97 Å². The topological polar surface area (TPSA) is 37.8 Å². The number of aromatic nitrogens is 2. The zero-order valence-corrected chi connectivity index (χ0v) is 9.92. The molecule has 1 aliphatic carbocycles. The van der Waals surface area contributed by atoms with Gasteiger partial charge in [0.25, 0.3) is 0 Å². The molecule has 0 bridgehead atoms. The van der Waals surface area contributed by atoms with Crippen molar-refractivity contribution in [3.63, 3.8) is 0 Å². The maximum atomic E-state index is 4.79. The van der Waals surface area contributed by atoms with E-state index < -0.39 is 0 Å². The van der Waals surface area contributed by atoms with Crippen LogP contribution in [0.1, 0.15) is 54.9 Å². The zero-order valence-electron chi connectivity index (χ0n) is 9.92. The van der Waals surface area contributed by atoms with Crippen molar-refractivity contribution in [2.75, 3.05) is 6.54 Å². The second kappa shape index (κ2) is 4.13. The van der Waals surface area contributed by atoms with Crippen LogP contribution >= 0.6 is 0 Å². The Balaban J connectivity index is 2.01. The number of fused-ring (bicyclic) bond motifs is 1. The summed E-state index contributed by atoms with van der Waals surface area (Å²) in [6.45, 7) is 4.22. The number of hydrogen-bond donors (Lipinski definition) is 1. The highest BCUT2D eigenvalue weighted by Gasteiger charge is 2.25. The fourth-order valence-electron chi connectivity index (χ4n) is 2.58. The van der Waals surface area contributed by atoms with Gasteiger partial charge in [0.2, 0.25) is 0 Å². The van der Waals surface area contributed by atoms with Gasteiger partial charge in [0.05, 0.1) is 5.69 Å². The molecule has 1 saturated carbocycles. The summed E-state index contributed by atoms with van der Waals surface area (Å²) in [5, 5.41) is 3.41. The van der Waals surface area contributed by atoms with Crippen molar-refractivity contribution in [2.45, 2.75) is 51.5 Å². The average Bonchev–Trinajstić information content (AvgIpc) is 2.25. The molecule has 1 aromatic heterocycles. The largest absolute Gasteiger partial charge is 0.312 e. The summed E-state index contributed by atoms with van der Waals surface area (Å²) >= 11 is 0. The number of hydrogen-bond acceptors (Lipinski definition) is 3. The predicted molar refractivity (Wildman–Crippen MR) is 63.4 cm³/mol. The molecule has 0 spiro atoms. The molecule has 2 heterocycles. The highest BCUT2D eigenvalue weighted by molar-refractivity contribution is 5.29. The maximum absolute atomic E-state index is 4.79. The minimum atomic E-state index is 0.658. The Morgan fingerprint density at radius 2 is 2.19 bits per heavy atom. The molecule has 0 aromatic carbocycles. The molecule has 86 valence electrons. The molecule has 0 saturated heterocycles. The molecule has 16 heavy (non-hydrogen) atoms. The Labute approximate surface area is 96.7 Å². The number of nitrogens with one attached hydrogen (secondary N) is 1. The van der Waals surface area contributed by atoms with Crippen molar-refractivity contribution < 1.29 is 0 Å². The average molecular weight is 217 g/mol. The van der Waals surface area contributed by atoms with E-state index >= 15 is 0 Å². The summed E-state index contributed by atoms with van der Waals surface area (Å²) in [7, 11) is 0. The number of nitrogens with zero attached hydrogens (tertiary/aromatic N) is 2. The highest BCUT2D eigenvalue weighted by Crippen LogP contribution is 2.35.